The molecule has 1 aromatic rings. The summed E-state index contributed by atoms with van der Waals surface area (Å²) < 4.78 is 5.06. The average Bonchev–Trinajstić information content (AvgIpc) is 2.25. The first-order chi connectivity index (χ1) is 7.27. The Morgan fingerprint density at radius 1 is 1.47 bits per heavy atom. The molecule has 1 aromatic carbocycles. The van der Waals surface area contributed by atoms with E-state index < -0.39 is 0 Å². The molecule has 0 aliphatic heterocycles. The van der Waals surface area contributed by atoms with Gasteiger partial charge in [-0.25, -0.2) is 0 Å². The second kappa shape index (κ2) is 6.21. The van der Waals surface area contributed by atoms with Crippen molar-refractivity contribution >= 4 is 17.3 Å². The third-order valence-electron chi connectivity index (χ3n) is 1.91. The van der Waals surface area contributed by atoms with Gasteiger partial charge in [0.25, 0.3) is 0 Å². The van der Waals surface area contributed by atoms with Crippen molar-refractivity contribution in [3.05, 3.63) is 23.2 Å². The number of methoxy groups -OCH3 is 1. The molecule has 0 atom stereocenters. The van der Waals surface area contributed by atoms with Gasteiger partial charge in [-0.15, -0.1) is 11.8 Å². The van der Waals surface area contributed by atoms with Crippen molar-refractivity contribution in [3.8, 4) is 17.6 Å². The summed E-state index contributed by atoms with van der Waals surface area (Å²) in [6.45, 7) is 2.66. The fourth-order valence-corrected chi connectivity index (χ4v) is 1.43. The van der Waals surface area contributed by atoms with Gasteiger partial charge in [0.15, 0.2) is 0 Å². The second-order valence-electron chi connectivity index (χ2n) is 2.95. The van der Waals surface area contributed by atoms with E-state index in [1.165, 1.54) is 0 Å². The van der Waals surface area contributed by atoms with Gasteiger partial charge in [0.05, 0.1) is 12.1 Å². The minimum Gasteiger partial charge on any atom is -0.495 e. The molecule has 3 heteroatoms. The number of rotatable bonds is 4. The normalized spacial score (nSPS) is 9.00. The summed E-state index contributed by atoms with van der Waals surface area (Å²) in [5, 5.41) is 3.84. The van der Waals surface area contributed by atoms with Crippen LogP contribution in [0.25, 0.3) is 0 Å². The van der Waals surface area contributed by atoms with Crippen molar-refractivity contribution in [2.75, 3.05) is 19.0 Å². The Labute approximate surface area is 95.6 Å². The average molecular weight is 224 g/mol. The standard InChI is InChI=1S/C12H14ClNO/c1-3-4-5-8-14-10-6-7-12(15-2)11(13)9-10/h6-7,9,14H,5,8H2,1-2H3. The van der Waals surface area contributed by atoms with Crippen LogP contribution in [0.2, 0.25) is 5.02 Å². The molecule has 0 bridgehead atoms. The van der Waals surface area contributed by atoms with Crippen LogP contribution in [0.5, 0.6) is 5.75 Å². The zero-order valence-electron chi connectivity index (χ0n) is 8.93. The van der Waals surface area contributed by atoms with E-state index in [9.17, 15) is 0 Å². The highest BCUT2D eigenvalue weighted by atomic mass is 35.5. The van der Waals surface area contributed by atoms with E-state index in [2.05, 4.69) is 17.2 Å². The number of benzene rings is 1. The molecule has 0 aromatic heterocycles. The van der Waals surface area contributed by atoms with Gasteiger partial charge >= 0.3 is 0 Å². The summed E-state index contributed by atoms with van der Waals surface area (Å²) >= 11 is 5.98. The van der Waals surface area contributed by atoms with Crippen LogP contribution in [-0.4, -0.2) is 13.7 Å². The first-order valence-electron chi connectivity index (χ1n) is 4.75. The maximum atomic E-state index is 5.98. The number of hydrogen-bond donors (Lipinski definition) is 1. The predicted octanol–water partition coefficient (Wildman–Crippen LogP) is 3.17. The largest absolute Gasteiger partial charge is 0.495 e. The molecular formula is C12H14ClNO. The van der Waals surface area contributed by atoms with Crippen molar-refractivity contribution < 1.29 is 4.74 Å². The number of anilines is 1. The maximum absolute atomic E-state index is 5.98. The maximum Gasteiger partial charge on any atom is 0.137 e. The molecule has 0 fully saturated rings. The molecule has 0 spiro atoms. The van der Waals surface area contributed by atoms with Crippen LogP contribution < -0.4 is 10.1 Å². The second-order valence-corrected chi connectivity index (χ2v) is 3.36. The molecule has 80 valence electrons. The van der Waals surface area contributed by atoms with Crippen LogP contribution in [0, 0.1) is 11.8 Å². The third-order valence-corrected chi connectivity index (χ3v) is 2.20. The van der Waals surface area contributed by atoms with Crippen LogP contribution in [0.1, 0.15) is 13.3 Å². The molecule has 0 saturated carbocycles. The van der Waals surface area contributed by atoms with E-state index in [1.54, 1.807) is 7.11 Å². The first-order valence-corrected chi connectivity index (χ1v) is 5.12. The predicted molar refractivity (Wildman–Crippen MR) is 64.6 cm³/mol. The fourth-order valence-electron chi connectivity index (χ4n) is 1.17. The Morgan fingerprint density at radius 3 is 2.87 bits per heavy atom. The summed E-state index contributed by atoms with van der Waals surface area (Å²) in [5.74, 6) is 6.52. The smallest absolute Gasteiger partial charge is 0.137 e. The minimum atomic E-state index is 0.615. The molecule has 0 heterocycles. The highest BCUT2D eigenvalue weighted by Crippen LogP contribution is 2.26. The van der Waals surface area contributed by atoms with Gasteiger partial charge in [0, 0.05) is 18.7 Å². The van der Waals surface area contributed by atoms with Gasteiger partial charge in [-0.1, -0.05) is 11.6 Å². The van der Waals surface area contributed by atoms with Gasteiger partial charge in [-0.2, -0.15) is 0 Å². The molecule has 0 amide bonds. The Morgan fingerprint density at radius 2 is 2.27 bits per heavy atom. The number of nitrogens with one attached hydrogen (secondary N) is 1. The molecule has 1 N–H and O–H groups in total. The Kier molecular flexibility index (Phi) is 4.86. The van der Waals surface area contributed by atoms with E-state index in [0.29, 0.717) is 10.8 Å². The highest BCUT2D eigenvalue weighted by molar-refractivity contribution is 6.32. The van der Waals surface area contributed by atoms with Crippen LogP contribution >= 0.6 is 11.6 Å². The van der Waals surface area contributed by atoms with Gasteiger partial charge in [-0.3, -0.25) is 0 Å². The molecule has 1 rings (SSSR count). The highest BCUT2D eigenvalue weighted by Gasteiger charge is 2.00. The van der Waals surface area contributed by atoms with Crippen LogP contribution in [-0.2, 0) is 0 Å². The summed E-state index contributed by atoms with van der Waals surface area (Å²) in [7, 11) is 1.60. The molecule has 0 aliphatic carbocycles. The van der Waals surface area contributed by atoms with Crippen molar-refractivity contribution in [3.63, 3.8) is 0 Å². The molecule has 2 nitrogen and oxygen atoms in total. The summed E-state index contributed by atoms with van der Waals surface area (Å²) in [6, 6.07) is 5.63. The number of halogens is 1. The van der Waals surface area contributed by atoms with E-state index in [0.717, 1.165) is 18.7 Å². The minimum absolute atomic E-state index is 0.615. The van der Waals surface area contributed by atoms with Crippen molar-refractivity contribution in [2.45, 2.75) is 13.3 Å². The summed E-state index contributed by atoms with van der Waals surface area (Å²) in [4.78, 5) is 0. The molecular weight excluding hydrogens is 210 g/mol. The zero-order chi connectivity index (χ0) is 11.1. The Bertz CT molecular complexity index is 379. The van der Waals surface area contributed by atoms with E-state index in [4.69, 9.17) is 16.3 Å². The third kappa shape index (κ3) is 3.73. The van der Waals surface area contributed by atoms with Gasteiger partial charge < -0.3 is 10.1 Å². The first kappa shape index (κ1) is 11.7. The van der Waals surface area contributed by atoms with E-state index in [-0.39, 0.29) is 0 Å². The lowest BCUT2D eigenvalue weighted by atomic mass is 10.3. The lowest BCUT2D eigenvalue weighted by Crippen LogP contribution is -2.00. The molecule has 0 saturated heterocycles. The lowest BCUT2D eigenvalue weighted by Gasteiger charge is -2.07. The van der Waals surface area contributed by atoms with Gasteiger partial charge in [0.2, 0.25) is 0 Å². The van der Waals surface area contributed by atoms with Crippen molar-refractivity contribution in [1.29, 1.82) is 0 Å². The lowest BCUT2D eigenvalue weighted by molar-refractivity contribution is 0.415. The topological polar surface area (TPSA) is 21.3 Å². The van der Waals surface area contributed by atoms with Crippen LogP contribution in [0.15, 0.2) is 18.2 Å². The van der Waals surface area contributed by atoms with E-state index >= 15 is 0 Å². The zero-order valence-corrected chi connectivity index (χ0v) is 9.69. The monoisotopic (exact) mass is 223 g/mol. The molecule has 0 unspecified atom stereocenters. The van der Waals surface area contributed by atoms with Crippen molar-refractivity contribution in [1.82, 2.24) is 0 Å². The molecule has 0 radical (unpaired) electrons. The summed E-state index contributed by atoms with van der Waals surface area (Å²) in [5.41, 5.74) is 0.985. The number of ether oxygens (including phenoxy) is 1. The number of hydrogen-bond acceptors (Lipinski definition) is 2. The van der Waals surface area contributed by atoms with Crippen LogP contribution in [0.4, 0.5) is 5.69 Å². The van der Waals surface area contributed by atoms with Crippen LogP contribution in [0.3, 0.4) is 0 Å². The Hall–Kier alpha value is -1.33. The molecule has 0 aliphatic rings. The van der Waals surface area contributed by atoms with Gasteiger partial charge in [-0.05, 0) is 25.1 Å². The fraction of sp³-hybridized carbons (Fsp3) is 0.333. The summed E-state index contributed by atoms with van der Waals surface area (Å²) in [6.07, 6.45) is 0.833. The quantitative estimate of drug-likeness (QED) is 0.625. The molecule has 15 heavy (non-hydrogen) atoms. The Balaban J connectivity index is 2.54. The van der Waals surface area contributed by atoms with E-state index in [1.807, 2.05) is 25.1 Å². The van der Waals surface area contributed by atoms with Crippen molar-refractivity contribution in [2.24, 2.45) is 0 Å². The van der Waals surface area contributed by atoms with Gasteiger partial charge in [0.1, 0.15) is 5.75 Å². The SMILES string of the molecule is CC#CCCNc1ccc(OC)c(Cl)c1.